The molecule has 0 bridgehead atoms. The van der Waals surface area contributed by atoms with Gasteiger partial charge in [-0.2, -0.15) is 4.28 Å². The van der Waals surface area contributed by atoms with Gasteiger partial charge >= 0.3 is 0 Å². The molecular formula is C21H29N3O4S3. The molecule has 7 nitrogen and oxygen atoms in total. The summed E-state index contributed by atoms with van der Waals surface area (Å²) in [5.41, 5.74) is 3.70. The summed E-state index contributed by atoms with van der Waals surface area (Å²) in [6.07, 6.45) is 2.24. The van der Waals surface area contributed by atoms with E-state index in [1.807, 2.05) is 0 Å². The number of benzene rings is 2. The van der Waals surface area contributed by atoms with Crippen LogP contribution >= 0.6 is 12.2 Å². The smallest absolute Gasteiger partial charge is 0.255 e. The maximum atomic E-state index is 11.9. The molecule has 0 aliphatic carbocycles. The van der Waals surface area contributed by atoms with Crippen LogP contribution in [0.4, 0.5) is 5.69 Å². The monoisotopic (exact) mass is 483 g/mol. The first-order valence-electron chi connectivity index (χ1n) is 9.58. The molecule has 0 heterocycles. The fourth-order valence-electron chi connectivity index (χ4n) is 2.67. The lowest BCUT2D eigenvalue weighted by molar-refractivity contribution is 0.370. The van der Waals surface area contributed by atoms with E-state index in [1.165, 1.54) is 11.8 Å². The quantitative estimate of drug-likeness (QED) is 0.441. The number of nitrogens with zero attached hydrogens (tertiary/aromatic N) is 1. The molecule has 0 amide bonds. The van der Waals surface area contributed by atoms with Crippen molar-refractivity contribution in [3.05, 3.63) is 65.2 Å². The third-order valence-corrected chi connectivity index (χ3v) is 5.98. The van der Waals surface area contributed by atoms with Crippen LogP contribution in [0.5, 0.6) is 0 Å². The zero-order valence-corrected chi connectivity index (χ0v) is 20.8. The van der Waals surface area contributed by atoms with Crippen molar-refractivity contribution in [1.82, 2.24) is 10.6 Å². The molecule has 2 rings (SSSR count). The summed E-state index contributed by atoms with van der Waals surface area (Å²) in [5.74, 6) is 0. The molecule has 0 spiro atoms. The van der Waals surface area contributed by atoms with Crippen LogP contribution in [0.25, 0.3) is 0 Å². The molecule has 0 aliphatic rings. The Morgan fingerprint density at radius 3 is 1.84 bits per heavy atom. The molecule has 0 radical (unpaired) electrons. The fraction of sp³-hybridized carbons (Fsp3) is 0.381. The van der Waals surface area contributed by atoms with E-state index in [1.54, 1.807) is 24.3 Å². The number of hydrogen-bond donors (Lipinski definition) is 2. The second-order valence-corrected chi connectivity index (χ2v) is 11.3. The number of anilines is 1. The molecule has 31 heavy (non-hydrogen) atoms. The van der Waals surface area contributed by atoms with Crippen molar-refractivity contribution in [1.29, 1.82) is 0 Å². The van der Waals surface area contributed by atoms with Gasteiger partial charge in [-0.25, -0.2) is 12.6 Å². The van der Waals surface area contributed by atoms with Gasteiger partial charge in [-0.3, -0.25) is 0 Å². The SMILES string of the molecule is CS(=O)ON(c1ccc(CNC(=S)NCc2ccc(C(C)(C)C)cc2)cc1)S(C)(=O)=O. The number of thiocarbonyl (C=S) groups is 1. The summed E-state index contributed by atoms with van der Waals surface area (Å²) < 4.78 is 40.6. The molecule has 2 aromatic rings. The van der Waals surface area contributed by atoms with Gasteiger partial charge in [0, 0.05) is 19.3 Å². The molecule has 2 aromatic carbocycles. The largest absolute Gasteiger partial charge is 0.359 e. The Kier molecular flexibility index (Phi) is 8.58. The van der Waals surface area contributed by atoms with Gasteiger partial charge in [0.15, 0.2) is 16.2 Å². The van der Waals surface area contributed by atoms with Crippen molar-refractivity contribution < 1.29 is 16.9 Å². The highest BCUT2D eigenvalue weighted by Gasteiger charge is 2.20. The Hall–Kier alpha value is -2.01. The van der Waals surface area contributed by atoms with Gasteiger partial charge in [0.05, 0.1) is 11.9 Å². The standard InChI is InChI=1S/C21H29N3O4S3/c1-21(2,3)18-10-6-16(7-11-18)14-22-20(29)23-15-17-8-12-19(13-9-17)24(28-30(4)25)31(5,26)27/h6-13H,14-15H2,1-5H3,(H2,22,23,29). The van der Waals surface area contributed by atoms with Crippen molar-refractivity contribution in [3.63, 3.8) is 0 Å². The third kappa shape index (κ3) is 8.21. The lowest BCUT2D eigenvalue weighted by Crippen LogP contribution is -2.34. The average molecular weight is 484 g/mol. The minimum atomic E-state index is -3.72. The van der Waals surface area contributed by atoms with Crippen molar-refractivity contribution in [2.45, 2.75) is 39.3 Å². The zero-order chi connectivity index (χ0) is 23.2. The summed E-state index contributed by atoms with van der Waals surface area (Å²) in [4.78, 5) is 0. The van der Waals surface area contributed by atoms with Crippen molar-refractivity contribution >= 4 is 44.1 Å². The Balaban J connectivity index is 1.88. The van der Waals surface area contributed by atoms with E-state index in [-0.39, 0.29) is 11.1 Å². The first kappa shape index (κ1) is 25.3. The Morgan fingerprint density at radius 1 is 1.00 bits per heavy atom. The van der Waals surface area contributed by atoms with Gasteiger partial charge in [-0.1, -0.05) is 57.2 Å². The van der Waals surface area contributed by atoms with Gasteiger partial charge < -0.3 is 10.6 Å². The zero-order valence-electron chi connectivity index (χ0n) is 18.3. The van der Waals surface area contributed by atoms with Gasteiger partial charge in [0.25, 0.3) is 10.0 Å². The topological polar surface area (TPSA) is 87.7 Å². The molecule has 0 aliphatic heterocycles. The molecule has 0 fully saturated rings. The molecule has 2 N–H and O–H groups in total. The molecule has 1 atom stereocenters. The van der Waals surface area contributed by atoms with Crippen LogP contribution in [-0.4, -0.2) is 30.3 Å². The van der Waals surface area contributed by atoms with Crippen molar-refractivity contribution in [3.8, 4) is 0 Å². The minimum Gasteiger partial charge on any atom is -0.359 e. The Bertz CT molecular complexity index is 1020. The van der Waals surface area contributed by atoms with Crippen LogP contribution < -0.4 is 15.1 Å². The normalized spacial score (nSPS) is 12.8. The molecule has 0 saturated heterocycles. The average Bonchev–Trinajstić information content (AvgIpc) is 2.68. The first-order chi connectivity index (χ1) is 14.4. The molecule has 0 aromatic heterocycles. The van der Waals surface area contributed by atoms with Crippen LogP contribution in [-0.2, 0) is 43.9 Å². The highest BCUT2D eigenvalue weighted by Crippen LogP contribution is 2.22. The highest BCUT2D eigenvalue weighted by atomic mass is 32.2. The van der Waals surface area contributed by atoms with E-state index in [9.17, 15) is 12.6 Å². The fourth-order valence-corrected chi connectivity index (χ4v) is 4.30. The Labute approximate surface area is 192 Å². The maximum absolute atomic E-state index is 11.9. The number of hydrogen-bond acceptors (Lipinski definition) is 5. The number of nitrogens with one attached hydrogen (secondary N) is 2. The van der Waals surface area contributed by atoms with E-state index in [2.05, 4.69) is 55.7 Å². The Morgan fingerprint density at radius 2 is 1.45 bits per heavy atom. The number of rotatable bonds is 8. The van der Waals surface area contributed by atoms with Crippen LogP contribution in [0.2, 0.25) is 0 Å². The third-order valence-electron chi connectivity index (χ3n) is 4.35. The van der Waals surface area contributed by atoms with E-state index < -0.39 is 21.1 Å². The summed E-state index contributed by atoms with van der Waals surface area (Å²) in [7, 11) is -3.72. The van der Waals surface area contributed by atoms with Gasteiger partial charge in [0.1, 0.15) is 0 Å². The summed E-state index contributed by atoms with van der Waals surface area (Å²) in [5, 5.41) is 6.82. The van der Waals surface area contributed by atoms with Crippen LogP contribution in [0.3, 0.4) is 0 Å². The lowest BCUT2D eigenvalue weighted by Gasteiger charge is -2.19. The van der Waals surface area contributed by atoms with E-state index in [0.29, 0.717) is 22.7 Å². The molecule has 1 unspecified atom stereocenters. The van der Waals surface area contributed by atoms with Crippen LogP contribution in [0.15, 0.2) is 48.5 Å². The minimum absolute atomic E-state index is 0.121. The van der Waals surface area contributed by atoms with E-state index >= 15 is 0 Å². The predicted molar refractivity (Wildman–Crippen MR) is 130 cm³/mol. The molecule has 0 saturated carbocycles. The second-order valence-electron chi connectivity index (χ2n) is 8.12. The van der Waals surface area contributed by atoms with Gasteiger partial charge in [-0.15, -0.1) is 4.47 Å². The van der Waals surface area contributed by atoms with E-state index in [0.717, 1.165) is 17.4 Å². The summed E-state index contributed by atoms with van der Waals surface area (Å²) in [6, 6.07) is 15.1. The molecule has 10 heteroatoms. The molecular weight excluding hydrogens is 454 g/mol. The van der Waals surface area contributed by atoms with Gasteiger partial charge in [-0.05, 0) is 46.5 Å². The highest BCUT2D eigenvalue weighted by molar-refractivity contribution is 7.92. The molecule has 170 valence electrons. The lowest BCUT2D eigenvalue weighted by atomic mass is 9.87. The first-order valence-corrected chi connectivity index (χ1v) is 13.3. The summed E-state index contributed by atoms with van der Waals surface area (Å²) in [6.45, 7) is 7.63. The van der Waals surface area contributed by atoms with E-state index in [4.69, 9.17) is 16.5 Å². The van der Waals surface area contributed by atoms with Crippen LogP contribution in [0, 0.1) is 0 Å². The number of sulfonamides is 1. The maximum Gasteiger partial charge on any atom is 0.255 e. The van der Waals surface area contributed by atoms with Crippen molar-refractivity contribution in [2.75, 3.05) is 17.0 Å². The summed E-state index contributed by atoms with van der Waals surface area (Å²) >= 11 is 3.56. The predicted octanol–water partition coefficient (Wildman–Crippen LogP) is 3.14. The van der Waals surface area contributed by atoms with Crippen molar-refractivity contribution in [2.24, 2.45) is 0 Å². The second kappa shape index (κ2) is 10.5. The van der Waals surface area contributed by atoms with Gasteiger partial charge in [0.2, 0.25) is 0 Å². The van der Waals surface area contributed by atoms with Crippen LogP contribution in [0.1, 0.15) is 37.5 Å².